The topological polar surface area (TPSA) is 390 Å². The molecule has 6 amide bonds. The Morgan fingerprint density at radius 1 is 0.413 bits per heavy atom. The van der Waals surface area contributed by atoms with E-state index in [1.807, 2.05) is 0 Å². The molecule has 6 aromatic carbocycles. The van der Waals surface area contributed by atoms with Gasteiger partial charge in [0.05, 0.1) is 18.5 Å². The van der Waals surface area contributed by atoms with Gasteiger partial charge in [-0.25, -0.2) is 4.79 Å². The van der Waals surface area contributed by atoms with Crippen LogP contribution >= 0.6 is 30.4 Å². The molecule has 1 unspecified atom stereocenters. The maximum atomic E-state index is 13.5. The molecular weight excluding hydrogens is 1070 g/mol. The zero-order chi connectivity index (χ0) is 54.3. The van der Waals surface area contributed by atoms with Gasteiger partial charge in [0.25, 0.3) is 23.6 Å². The van der Waals surface area contributed by atoms with Gasteiger partial charge in [-0.2, -0.15) is 0 Å². The van der Waals surface area contributed by atoms with Crippen LogP contribution < -0.4 is 66.4 Å². The standard InChI is InChI=1S/C47H48N6O17P4.Na/c1-27-9-13-33(45(56)50-39-15-11-29(23-71(59,60)61)17-35(39)25-73(65,66)67)21-41(27)52-43(54)31-5-3-7-37(19-31)48-47(58)49-38-8-4-6-32(20-38)44(55)53-42-22-34(14-10-28(42)2)46(57)51-40-16-12-30(24-72(62,63)64)18-36(40)26-74(68,69)70;/h3-22H,23-26H2,1-2H3,(H,50,56)(H,51,57)(H,52,54)(H,53,55)(H2,48,49,58)(H2,59,60,61)(H2,62,63,64)(H2,65,66,67)(H2,68,69,70);/q;+1/p-1. The minimum atomic E-state index is -4.77. The fraction of sp³-hybridized carbons (Fsp3) is 0.128. The van der Waals surface area contributed by atoms with Gasteiger partial charge < -0.3 is 75.6 Å². The molecule has 13 N–H and O–H groups in total. The second-order valence-electron chi connectivity index (χ2n) is 16.9. The molecule has 6 aromatic rings. The Balaban J connectivity index is 0.0000104. The number of aryl methyl sites for hydroxylation is 2. The van der Waals surface area contributed by atoms with Gasteiger partial charge in [-0.1, -0.05) is 48.5 Å². The van der Waals surface area contributed by atoms with Crippen molar-refractivity contribution in [3.05, 3.63) is 177 Å². The molecule has 6 rings (SSSR count). The van der Waals surface area contributed by atoms with Crippen LogP contribution in [0, 0.1) is 13.8 Å². The summed E-state index contributed by atoms with van der Waals surface area (Å²) < 4.78 is 46.7. The number of hydrogen-bond donors (Lipinski definition) is 13. The number of benzene rings is 6. The van der Waals surface area contributed by atoms with Crippen LogP contribution in [0.4, 0.5) is 38.9 Å². The molecule has 75 heavy (non-hydrogen) atoms. The second-order valence-corrected chi connectivity index (χ2v) is 23.4. The smallest absolute Gasteiger partial charge is 0.778 e. The third-order valence-corrected chi connectivity index (χ3v) is 13.7. The van der Waals surface area contributed by atoms with E-state index in [1.54, 1.807) is 26.0 Å². The zero-order valence-electron chi connectivity index (χ0n) is 39.9. The monoisotopic (exact) mass is 1110 g/mol. The van der Waals surface area contributed by atoms with Gasteiger partial charge in [-0.3, -0.25) is 32.9 Å². The van der Waals surface area contributed by atoms with E-state index in [1.165, 1.54) is 103 Å². The molecule has 23 nitrogen and oxygen atoms in total. The predicted molar refractivity (Wildman–Crippen MR) is 273 cm³/mol. The van der Waals surface area contributed by atoms with E-state index in [2.05, 4.69) is 31.9 Å². The van der Waals surface area contributed by atoms with E-state index in [4.69, 9.17) is 0 Å². The van der Waals surface area contributed by atoms with Gasteiger partial charge >= 0.3 is 58.4 Å². The minimum absolute atomic E-state index is 0. The fourth-order valence-corrected chi connectivity index (χ4v) is 9.99. The first kappa shape index (κ1) is 59.9. The van der Waals surface area contributed by atoms with E-state index in [-0.39, 0.29) is 108 Å². The van der Waals surface area contributed by atoms with Gasteiger partial charge in [0.15, 0.2) is 0 Å². The van der Waals surface area contributed by atoms with Crippen molar-refractivity contribution in [1.29, 1.82) is 0 Å². The summed E-state index contributed by atoms with van der Waals surface area (Å²) in [4.78, 5) is 145. The first-order valence-electron chi connectivity index (χ1n) is 21.6. The third kappa shape index (κ3) is 18.7. The van der Waals surface area contributed by atoms with Crippen LogP contribution in [0.5, 0.6) is 0 Å². The minimum Gasteiger partial charge on any atom is -0.778 e. The molecule has 1 atom stereocenters. The Labute approximate surface area is 449 Å². The molecule has 0 aliphatic heterocycles. The molecule has 0 aromatic heterocycles. The van der Waals surface area contributed by atoms with Crippen molar-refractivity contribution in [2.45, 2.75) is 38.5 Å². The van der Waals surface area contributed by atoms with Crippen molar-refractivity contribution in [1.82, 2.24) is 0 Å². The summed E-state index contributed by atoms with van der Waals surface area (Å²) in [6.07, 6.45) is -3.17. The number of urea groups is 1. The van der Waals surface area contributed by atoms with Crippen molar-refractivity contribution in [3.63, 3.8) is 0 Å². The van der Waals surface area contributed by atoms with Gasteiger partial charge in [0.1, 0.15) is 7.60 Å². The number of rotatable bonds is 18. The zero-order valence-corrected chi connectivity index (χ0v) is 45.5. The van der Waals surface area contributed by atoms with E-state index < -0.39 is 84.7 Å². The average molecular weight is 1110 g/mol. The number of anilines is 6. The summed E-state index contributed by atoms with van der Waals surface area (Å²) in [7, 11) is -18.7. The van der Waals surface area contributed by atoms with Gasteiger partial charge in [-0.05, 0) is 120 Å². The van der Waals surface area contributed by atoms with Gasteiger partial charge in [0.2, 0.25) is 0 Å². The predicted octanol–water partition coefficient (Wildman–Crippen LogP) is 4.04. The van der Waals surface area contributed by atoms with Crippen LogP contribution in [0.15, 0.2) is 121 Å². The summed E-state index contributed by atoms with van der Waals surface area (Å²) in [5.74, 6) is -2.73. The van der Waals surface area contributed by atoms with Crippen LogP contribution in [-0.2, 0) is 42.9 Å². The number of nitrogens with one attached hydrogen (secondary N) is 6. The van der Waals surface area contributed by atoms with Crippen molar-refractivity contribution in [3.8, 4) is 0 Å². The van der Waals surface area contributed by atoms with Crippen LogP contribution in [0.25, 0.3) is 0 Å². The van der Waals surface area contributed by atoms with Crippen molar-refractivity contribution < 1.29 is 111 Å². The Hall–Kier alpha value is -5.93. The van der Waals surface area contributed by atoms with E-state index in [0.717, 1.165) is 6.07 Å². The molecule has 0 saturated heterocycles. The maximum Gasteiger partial charge on any atom is 1.00 e. The van der Waals surface area contributed by atoms with Crippen molar-refractivity contribution in [2.75, 3.05) is 31.9 Å². The SMILES string of the molecule is Cc1ccc(C(=O)Nc2ccc(CP(=O)([O-])O)cc2CP(=O)(O)O)cc1NC(=O)c1cccc(NC(=O)Nc2cccc(C(=O)Nc3cc(C(=O)Nc4ccc(CP(=O)(O)O)cc4CP(=O)(O)O)ccc3C)c2)c1.[Na+]. The summed E-state index contributed by atoms with van der Waals surface area (Å²) in [6.45, 7) is 3.33. The molecule has 0 aliphatic carbocycles. The van der Waals surface area contributed by atoms with Crippen LogP contribution in [0.2, 0.25) is 0 Å². The van der Waals surface area contributed by atoms with E-state index in [0.29, 0.717) is 11.1 Å². The van der Waals surface area contributed by atoms with Gasteiger partial charge in [-0.15, -0.1) is 0 Å². The summed E-state index contributed by atoms with van der Waals surface area (Å²) in [6, 6.07) is 27.1. The number of hydrogen-bond acceptors (Lipinski definition) is 10. The molecule has 0 heterocycles. The maximum absolute atomic E-state index is 13.5. The molecular formula is C47H47N6NaO17P4. The number of carbonyl (C=O) groups excluding carboxylic acids is 5. The largest absolute Gasteiger partial charge is 1.00 e. The quantitative estimate of drug-likeness (QED) is 0.0426. The van der Waals surface area contributed by atoms with Crippen LogP contribution in [-0.4, -0.2) is 63.9 Å². The fourth-order valence-electron chi connectivity index (χ4n) is 7.25. The molecule has 0 bridgehead atoms. The molecule has 0 fully saturated rings. The average Bonchev–Trinajstić information content (AvgIpc) is 3.27. The Morgan fingerprint density at radius 3 is 1.12 bits per heavy atom. The second kappa shape index (κ2) is 24.8. The first-order valence-corrected chi connectivity index (χ1v) is 28.8. The molecule has 0 saturated carbocycles. The molecule has 0 aliphatic rings. The third-order valence-electron chi connectivity index (χ3n) is 10.6. The van der Waals surface area contributed by atoms with E-state index in [9.17, 15) is 81.4 Å². The van der Waals surface area contributed by atoms with E-state index >= 15 is 0 Å². The first-order chi connectivity index (χ1) is 34.5. The summed E-state index contributed by atoms with van der Waals surface area (Å²) >= 11 is 0. The molecule has 28 heteroatoms. The van der Waals surface area contributed by atoms with Crippen LogP contribution in [0.1, 0.15) is 74.8 Å². The Kier molecular flexibility index (Phi) is 19.8. The summed E-state index contributed by atoms with van der Waals surface area (Å²) in [5.41, 5.74) is 2.11. The van der Waals surface area contributed by atoms with Crippen LogP contribution in [0.3, 0.4) is 0 Å². The van der Waals surface area contributed by atoms with Crippen molar-refractivity contribution in [2.24, 2.45) is 0 Å². The Morgan fingerprint density at radius 2 is 0.760 bits per heavy atom. The molecule has 0 spiro atoms. The van der Waals surface area contributed by atoms with Gasteiger partial charge in [0, 0.05) is 62.5 Å². The summed E-state index contributed by atoms with van der Waals surface area (Å²) in [5, 5.41) is 15.8. The number of carbonyl (C=O) groups is 5. The Bertz CT molecular complexity index is 3190. The number of amides is 6. The normalized spacial score (nSPS) is 12.3. The van der Waals surface area contributed by atoms with Crippen molar-refractivity contribution >= 4 is 94.2 Å². The molecule has 388 valence electrons. The molecule has 0 radical (unpaired) electrons.